The molecule has 0 aliphatic heterocycles. The van der Waals surface area contributed by atoms with Gasteiger partial charge in [-0.1, -0.05) is 23.7 Å². The van der Waals surface area contributed by atoms with Crippen LogP contribution in [0.15, 0.2) is 53.5 Å². The Kier molecular flexibility index (Phi) is 4.04. The highest BCUT2D eigenvalue weighted by molar-refractivity contribution is 6.30. The quantitative estimate of drug-likeness (QED) is 0.646. The number of fused-ring (bicyclic) bond motifs is 1. The Labute approximate surface area is 137 Å². The lowest BCUT2D eigenvalue weighted by molar-refractivity contribution is 0.0949. The van der Waals surface area contributed by atoms with E-state index in [2.05, 4.69) is 10.3 Å². The standard InChI is InChI=1S/C17H14ClN3O2/c18-11-3-1-10(2-4-11)8-21-17(23)14-9-20-15-6-5-12(19)7-13(15)16(14)22/h1-7,9H,8,19H2,(H,20,22)(H,21,23). The van der Waals surface area contributed by atoms with Crippen LogP contribution in [-0.4, -0.2) is 10.9 Å². The number of aromatic amines is 1. The van der Waals surface area contributed by atoms with E-state index < -0.39 is 5.91 Å². The third kappa shape index (κ3) is 3.19. The van der Waals surface area contributed by atoms with E-state index in [-0.39, 0.29) is 11.0 Å². The van der Waals surface area contributed by atoms with Gasteiger partial charge < -0.3 is 16.0 Å². The van der Waals surface area contributed by atoms with Gasteiger partial charge in [0.1, 0.15) is 5.56 Å². The summed E-state index contributed by atoms with van der Waals surface area (Å²) < 4.78 is 0. The van der Waals surface area contributed by atoms with E-state index in [1.54, 1.807) is 30.3 Å². The molecule has 0 aliphatic carbocycles. The summed E-state index contributed by atoms with van der Waals surface area (Å²) in [6, 6.07) is 12.1. The molecule has 4 N–H and O–H groups in total. The van der Waals surface area contributed by atoms with Crippen LogP contribution in [-0.2, 0) is 6.54 Å². The maximum absolute atomic E-state index is 12.4. The zero-order valence-corrected chi connectivity index (χ0v) is 12.9. The first-order valence-corrected chi connectivity index (χ1v) is 7.36. The molecule has 0 fully saturated rings. The number of amides is 1. The molecule has 0 bridgehead atoms. The fourth-order valence-electron chi connectivity index (χ4n) is 2.28. The molecule has 3 aromatic rings. The number of halogens is 1. The van der Waals surface area contributed by atoms with Crippen LogP contribution in [0.5, 0.6) is 0 Å². The molecule has 0 atom stereocenters. The van der Waals surface area contributed by atoms with Crippen LogP contribution in [0.4, 0.5) is 5.69 Å². The highest BCUT2D eigenvalue weighted by Crippen LogP contribution is 2.13. The second-order valence-electron chi connectivity index (χ2n) is 5.15. The lowest BCUT2D eigenvalue weighted by atomic mass is 10.1. The van der Waals surface area contributed by atoms with Crippen LogP contribution in [0.2, 0.25) is 5.02 Å². The number of H-pyrrole nitrogens is 1. The third-order valence-electron chi connectivity index (χ3n) is 3.52. The van der Waals surface area contributed by atoms with Crippen molar-refractivity contribution >= 4 is 34.1 Å². The van der Waals surface area contributed by atoms with Crippen molar-refractivity contribution < 1.29 is 4.79 Å². The molecule has 0 aliphatic rings. The zero-order valence-electron chi connectivity index (χ0n) is 12.1. The van der Waals surface area contributed by atoms with E-state index >= 15 is 0 Å². The Bertz CT molecular complexity index is 933. The first kappa shape index (κ1) is 15.1. The van der Waals surface area contributed by atoms with Crippen molar-refractivity contribution in [1.29, 1.82) is 0 Å². The summed E-state index contributed by atoms with van der Waals surface area (Å²) in [5.74, 6) is -0.439. The number of carbonyl (C=O) groups is 1. The second-order valence-corrected chi connectivity index (χ2v) is 5.58. The van der Waals surface area contributed by atoms with Crippen molar-refractivity contribution in [2.75, 3.05) is 5.73 Å². The number of nitrogens with two attached hydrogens (primary N) is 1. The number of nitrogens with one attached hydrogen (secondary N) is 2. The maximum Gasteiger partial charge on any atom is 0.257 e. The van der Waals surface area contributed by atoms with Gasteiger partial charge in [-0.25, -0.2) is 0 Å². The molecule has 0 unspecified atom stereocenters. The maximum atomic E-state index is 12.4. The van der Waals surface area contributed by atoms with Gasteiger partial charge in [0.25, 0.3) is 5.91 Å². The molecule has 0 radical (unpaired) electrons. The van der Waals surface area contributed by atoms with Crippen molar-refractivity contribution in [2.24, 2.45) is 0 Å². The van der Waals surface area contributed by atoms with Gasteiger partial charge >= 0.3 is 0 Å². The molecular formula is C17H14ClN3O2. The van der Waals surface area contributed by atoms with Gasteiger partial charge in [0, 0.05) is 34.4 Å². The molecule has 116 valence electrons. The zero-order chi connectivity index (χ0) is 16.4. The Balaban J connectivity index is 1.84. The molecule has 23 heavy (non-hydrogen) atoms. The lowest BCUT2D eigenvalue weighted by Gasteiger charge is -2.06. The van der Waals surface area contributed by atoms with Gasteiger partial charge in [-0.2, -0.15) is 0 Å². The van der Waals surface area contributed by atoms with Crippen LogP contribution in [0, 0.1) is 0 Å². The number of anilines is 1. The Morgan fingerprint density at radius 1 is 1.17 bits per heavy atom. The molecule has 5 nitrogen and oxygen atoms in total. The van der Waals surface area contributed by atoms with Crippen molar-refractivity contribution in [1.82, 2.24) is 10.3 Å². The molecule has 0 saturated carbocycles. The predicted molar refractivity (Wildman–Crippen MR) is 91.6 cm³/mol. The Hall–Kier alpha value is -2.79. The van der Waals surface area contributed by atoms with Gasteiger partial charge in [-0.3, -0.25) is 9.59 Å². The predicted octanol–water partition coefficient (Wildman–Crippen LogP) is 2.69. The van der Waals surface area contributed by atoms with Gasteiger partial charge in [0.05, 0.1) is 0 Å². The number of nitrogen functional groups attached to an aromatic ring is 1. The highest BCUT2D eigenvalue weighted by atomic mass is 35.5. The number of hydrogen-bond acceptors (Lipinski definition) is 3. The highest BCUT2D eigenvalue weighted by Gasteiger charge is 2.12. The summed E-state index contributed by atoms with van der Waals surface area (Å²) in [5, 5.41) is 3.74. The van der Waals surface area contributed by atoms with E-state index in [0.29, 0.717) is 28.2 Å². The first-order chi connectivity index (χ1) is 11.0. The first-order valence-electron chi connectivity index (χ1n) is 6.98. The lowest BCUT2D eigenvalue weighted by Crippen LogP contribution is -2.28. The van der Waals surface area contributed by atoms with E-state index in [9.17, 15) is 9.59 Å². The summed E-state index contributed by atoms with van der Waals surface area (Å²) in [4.78, 5) is 27.6. The molecular weight excluding hydrogens is 314 g/mol. The number of benzene rings is 2. The number of rotatable bonds is 3. The third-order valence-corrected chi connectivity index (χ3v) is 3.77. The van der Waals surface area contributed by atoms with Crippen LogP contribution in [0.25, 0.3) is 10.9 Å². The number of aromatic nitrogens is 1. The molecule has 0 saturated heterocycles. The van der Waals surface area contributed by atoms with Crippen LogP contribution >= 0.6 is 11.6 Å². The fourth-order valence-corrected chi connectivity index (χ4v) is 2.41. The minimum absolute atomic E-state index is 0.0528. The summed E-state index contributed by atoms with van der Waals surface area (Å²) in [6.45, 7) is 0.310. The van der Waals surface area contributed by atoms with Crippen LogP contribution < -0.4 is 16.5 Å². The average Bonchev–Trinajstić information content (AvgIpc) is 2.55. The monoisotopic (exact) mass is 327 g/mol. The van der Waals surface area contributed by atoms with Crippen LogP contribution in [0.3, 0.4) is 0 Å². The molecule has 6 heteroatoms. The molecule has 1 aromatic heterocycles. The number of hydrogen-bond donors (Lipinski definition) is 3. The van der Waals surface area contributed by atoms with Crippen molar-refractivity contribution in [3.63, 3.8) is 0 Å². The van der Waals surface area contributed by atoms with Crippen LogP contribution in [0.1, 0.15) is 15.9 Å². The average molecular weight is 328 g/mol. The number of pyridine rings is 1. The van der Waals surface area contributed by atoms with E-state index in [1.165, 1.54) is 6.20 Å². The summed E-state index contributed by atoms with van der Waals surface area (Å²) in [7, 11) is 0. The SMILES string of the molecule is Nc1ccc2[nH]cc(C(=O)NCc3ccc(Cl)cc3)c(=O)c2c1. The van der Waals surface area contributed by atoms with Gasteiger partial charge in [-0.15, -0.1) is 0 Å². The van der Waals surface area contributed by atoms with E-state index in [0.717, 1.165) is 5.56 Å². The molecule has 1 heterocycles. The second kappa shape index (κ2) is 6.14. The summed E-state index contributed by atoms with van der Waals surface area (Å²) in [5.41, 5.74) is 7.41. The van der Waals surface area contributed by atoms with Gasteiger partial charge in [-0.05, 0) is 35.9 Å². The normalized spacial score (nSPS) is 10.7. The topological polar surface area (TPSA) is 88.0 Å². The van der Waals surface area contributed by atoms with E-state index in [1.807, 2.05) is 12.1 Å². The minimum Gasteiger partial charge on any atom is -0.399 e. The number of carbonyl (C=O) groups excluding carboxylic acids is 1. The fraction of sp³-hybridized carbons (Fsp3) is 0.0588. The van der Waals surface area contributed by atoms with Crippen molar-refractivity contribution in [3.05, 3.63) is 75.0 Å². The minimum atomic E-state index is -0.439. The molecule has 3 rings (SSSR count). The molecule has 0 spiro atoms. The van der Waals surface area contributed by atoms with Crippen molar-refractivity contribution in [3.8, 4) is 0 Å². The largest absolute Gasteiger partial charge is 0.399 e. The summed E-state index contributed by atoms with van der Waals surface area (Å²) >= 11 is 5.82. The molecule has 2 aromatic carbocycles. The smallest absolute Gasteiger partial charge is 0.257 e. The Morgan fingerprint density at radius 2 is 1.91 bits per heavy atom. The molecule has 1 amide bonds. The van der Waals surface area contributed by atoms with Gasteiger partial charge in [0.2, 0.25) is 5.43 Å². The van der Waals surface area contributed by atoms with Crippen molar-refractivity contribution in [2.45, 2.75) is 6.54 Å². The van der Waals surface area contributed by atoms with Gasteiger partial charge in [0.15, 0.2) is 0 Å². The Morgan fingerprint density at radius 3 is 2.65 bits per heavy atom. The van der Waals surface area contributed by atoms with E-state index in [4.69, 9.17) is 17.3 Å². The summed E-state index contributed by atoms with van der Waals surface area (Å²) in [6.07, 6.45) is 1.41.